The number of fused-ring (bicyclic) bond motifs is 1. The zero-order chi connectivity index (χ0) is 26.5. The molecule has 2 aromatic carbocycles. The number of hydrogen-bond donors (Lipinski definition) is 2. The highest BCUT2D eigenvalue weighted by Gasteiger charge is 2.43. The Balaban J connectivity index is 2.02. The smallest absolute Gasteiger partial charge is 0.264 e. The van der Waals surface area contributed by atoms with E-state index in [-0.39, 0.29) is 29.1 Å². The van der Waals surface area contributed by atoms with Gasteiger partial charge in [-0.2, -0.15) is 0 Å². The number of sulfone groups is 1. The predicted molar refractivity (Wildman–Crippen MR) is 135 cm³/mol. The van der Waals surface area contributed by atoms with E-state index in [2.05, 4.69) is 5.32 Å². The Labute approximate surface area is 210 Å². The molecule has 3 amide bonds. The maximum atomic E-state index is 13.6. The van der Waals surface area contributed by atoms with Crippen molar-refractivity contribution in [2.45, 2.75) is 32.2 Å². The van der Waals surface area contributed by atoms with E-state index in [1.54, 1.807) is 37.3 Å². The van der Waals surface area contributed by atoms with E-state index < -0.39 is 33.4 Å². The highest BCUT2D eigenvalue weighted by molar-refractivity contribution is 7.90. The summed E-state index contributed by atoms with van der Waals surface area (Å²) in [4.78, 5) is 40.3. The molecule has 1 aliphatic rings. The van der Waals surface area contributed by atoms with Gasteiger partial charge in [-0.15, -0.1) is 0 Å². The molecule has 0 aromatic heterocycles. The van der Waals surface area contributed by atoms with Crippen LogP contribution in [0.1, 0.15) is 58.5 Å². The Hall–Kier alpha value is -3.44. The van der Waals surface area contributed by atoms with E-state index in [4.69, 9.17) is 15.2 Å². The summed E-state index contributed by atoms with van der Waals surface area (Å²) in [6, 6.07) is 8.24. The van der Waals surface area contributed by atoms with Gasteiger partial charge in [0.1, 0.15) is 9.84 Å². The Morgan fingerprint density at radius 1 is 1.11 bits per heavy atom. The molecular weight excluding hydrogens is 486 g/mol. The lowest BCUT2D eigenvalue weighted by Gasteiger charge is -2.27. The van der Waals surface area contributed by atoms with Crippen LogP contribution >= 0.6 is 0 Å². The number of carbonyl (C=O) groups is 3. The summed E-state index contributed by atoms with van der Waals surface area (Å²) in [5.41, 5.74) is 6.20. The Kier molecular flexibility index (Phi) is 8.70. The first-order valence-corrected chi connectivity index (χ1v) is 13.7. The number of rotatable bonds is 12. The van der Waals surface area contributed by atoms with Gasteiger partial charge < -0.3 is 20.5 Å². The van der Waals surface area contributed by atoms with Crippen LogP contribution < -0.4 is 20.5 Å². The lowest BCUT2D eigenvalue weighted by molar-refractivity contribution is -0.116. The minimum atomic E-state index is -3.62. The van der Waals surface area contributed by atoms with Crippen molar-refractivity contribution in [3.8, 4) is 11.5 Å². The number of ether oxygens (including phenoxy) is 2. The summed E-state index contributed by atoms with van der Waals surface area (Å²) in [7, 11) is -2.15. The number of methoxy groups -OCH3 is 1. The van der Waals surface area contributed by atoms with E-state index in [1.165, 1.54) is 13.2 Å². The van der Waals surface area contributed by atoms with Crippen molar-refractivity contribution in [2.24, 2.45) is 5.73 Å². The highest BCUT2D eigenvalue weighted by Crippen LogP contribution is 2.38. The number of anilines is 1. The van der Waals surface area contributed by atoms with Crippen molar-refractivity contribution >= 4 is 33.2 Å². The third kappa shape index (κ3) is 6.03. The van der Waals surface area contributed by atoms with Crippen LogP contribution in [0.25, 0.3) is 0 Å². The van der Waals surface area contributed by atoms with Crippen LogP contribution in [0.15, 0.2) is 36.4 Å². The summed E-state index contributed by atoms with van der Waals surface area (Å²) < 4.78 is 35.6. The predicted octanol–water partition coefficient (Wildman–Crippen LogP) is 2.54. The molecule has 0 aliphatic carbocycles. The third-order valence-electron chi connectivity index (χ3n) is 5.72. The maximum Gasteiger partial charge on any atom is 0.264 e. The molecule has 11 heteroatoms. The first kappa shape index (κ1) is 27.2. The summed E-state index contributed by atoms with van der Waals surface area (Å²) in [5.74, 6) is -1.33. The second kappa shape index (κ2) is 11.5. The van der Waals surface area contributed by atoms with Crippen LogP contribution in [0.5, 0.6) is 11.5 Å². The topological polar surface area (TPSA) is 145 Å². The molecule has 0 fully saturated rings. The number of imide groups is 1. The molecule has 0 radical (unpaired) electrons. The van der Waals surface area contributed by atoms with E-state index in [9.17, 15) is 22.8 Å². The van der Waals surface area contributed by atoms with Gasteiger partial charge in [0.15, 0.2) is 11.5 Å². The van der Waals surface area contributed by atoms with Gasteiger partial charge in [-0.1, -0.05) is 12.1 Å². The number of carbonyl (C=O) groups excluding carboxylic acids is 3. The number of hydrogen-bond acceptors (Lipinski definition) is 8. The number of nitrogens with one attached hydrogen (secondary N) is 1. The number of unbranched alkanes of at least 4 members (excludes halogenated alkanes) is 1. The van der Waals surface area contributed by atoms with Crippen LogP contribution in [-0.4, -0.2) is 63.3 Å². The molecule has 194 valence electrons. The van der Waals surface area contributed by atoms with Crippen LogP contribution in [0.2, 0.25) is 0 Å². The van der Waals surface area contributed by atoms with E-state index >= 15 is 0 Å². The number of nitrogens with zero attached hydrogens (tertiary/aromatic N) is 1. The molecule has 1 atom stereocenters. The largest absolute Gasteiger partial charge is 0.493 e. The summed E-state index contributed by atoms with van der Waals surface area (Å²) in [6.45, 7) is 2.59. The molecule has 3 N–H and O–H groups in total. The van der Waals surface area contributed by atoms with Crippen LogP contribution in [0, 0.1) is 0 Å². The summed E-state index contributed by atoms with van der Waals surface area (Å²) in [6.07, 6.45) is 2.53. The number of amides is 3. The maximum absolute atomic E-state index is 13.6. The van der Waals surface area contributed by atoms with Gasteiger partial charge in [-0.05, 0) is 56.1 Å². The highest BCUT2D eigenvalue weighted by atomic mass is 32.2. The Morgan fingerprint density at radius 3 is 2.50 bits per heavy atom. The molecule has 1 aliphatic heterocycles. The van der Waals surface area contributed by atoms with Crippen molar-refractivity contribution in [3.05, 3.63) is 53.1 Å². The van der Waals surface area contributed by atoms with Crippen molar-refractivity contribution in [1.82, 2.24) is 4.90 Å². The molecule has 0 saturated heterocycles. The van der Waals surface area contributed by atoms with Gasteiger partial charge in [-0.3, -0.25) is 19.3 Å². The number of benzene rings is 2. The van der Waals surface area contributed by atoms with Gasteiger partial charge in [0.25, 0.3) is 11.8 Å². The monoisotopic (exact) mass is 517 g/mol. The van der Waals surface area contributed by atoms with Crippen molar-refractivity contribution in [2.75, 3.05) is 37.6 Å². The van der Waals surface area contributed by atoms with Gasteiger partial charge in [0.2, 0.25) is 5.91 Å². The summed E-state index contributed by atoms with van der Waals surface area (Å²) >= 11 is 0. The molecular formula is C25H31N3O7S. The normalized spacial score (nSPS) is 13.9. The minimum absolute atomic E-state index is 0.0340. The Bertz CT molecular complexity index is 1260. The van der Waals surface area contributed by atoms with E-state index in [0.717, 1.165) is 11.2 Å². The molecule has 10 nitrogen and oxygen atoms in total. The van der Waals surface area contributed by atoms with E-state index in [1.807, 2.05) is 0 Å². The molecule has 0 saturated carbocycles. The van der Waals surface area contributed by atoms with E-state index in [0.29, 0.717) is 43.1 Å². The third-order valence-corrected chi connectivity index (χ3v) is 6.64. The molecule has 36 heavy (non-hydrogen) atoms. The summed E-state index contributed by atoms with van der Waals surface area (Å²) in [5, 5.41) is 2.71. The fourth-order valence-corrected chi connectivity index (χ4v) is 5.02. The molecule has 2 aromatic rings. The van der Waals surface area contributed by atoms with Crippen molar-refractivity contribution < 1.29 is 32.3 Å². The molecule has 3 rings (SSSR count). The van der Waals surface area contributed by atoms with Crippen molar-refractivity contribution in [3.63, 3.8) is 0 Å². The first-order valence-electron chi connectivity index (χ1n) is 11.6. The fourth-order valence-electron chi connectivity index (χ4n) is 4.11. The van der Waals surface area contributed by atoms with Crippen LogP contribution in [0.3, 0.4) is 0 Å². The first-order chi connectivity index (χ1) is 17.1. The van der Waals surface area contributed by atoms with Gasteiger partial charge in [0, 0.05) is 12.7 Å². The molecule has 0 bridgehead atoms. The fraction of sp³-hybridized carbons (Fsp3) is 0.400. The average Bonchev–Trinajstić information content (AvgIpc) is 3.08. The number of nitrogens with two attached hydrogens (primary N) is 1. The lowest BCUT2D eigenvalue weighted by Crippen LogP contribution is -2.37. The van der Waals surface area contributed by atoms with Crippen LogP contribution in [-0.2, 0) is 14.6 Å². The van der Waals surface area contributed by atoms with Crippen molar-refractivity contribution in [1.29, 1.82) is 0 Å². The SMILES string of the molecule is CCOc1cc(C(CS(C)(=O)=O)N2C(=O)c3cccc(NC(=O)CCCCN)c3C2=O)ccc1OC. The van der Waals surface area contributed by atoms with Gasteiger partial charge >= 0.3 is 0 Å². The zero-order valence-electron chi connectivity index (χ0n) is 20.6. The average molecular weight is 518 g/mol. The molecule has 0 spiro atoms. The quantitative estimate of drug-likeness (QED) is 0.323. The standard InChI is InChI=1S/C25H31N3O7S/c1-4-35-21-14-16(11-12-20(21)34-2)19(15-36(3,32)33)28-24(30)17-8-7-9-18(23(17)25(28)31)27-22(29)10-5-6-13-26/h7-9,11-12,14,19H,4-6,10,13,15,26H2,1-3H3,(H,27,29). The van der Waals surface area contributed by atoms with Gasteiger partial charge in [0.05, 0.1) is 42.3 Å². The Morgan fingerprint density at radius 2 is 1.86 bits per heavy atom. The molecule has 1 heterocycles. The van der Waals surface area contributed by atoms with Gasteiger partial charge in [-0.25, -0.2) is 8.42 Å². The zero-order valence-corrected chi connectivity index (χ0v) is 21.4. The second-order valence-corrected chi connectivity index (χ2v) is 10.6. The van der Waals surface area contributed by atoms with Crippen LogP contribution in [0.4, 0.5) is 5.69 Å². The lowest BCUT2D eigenvalue weighted by atomic mass is 10.1. The second-order valence-electron chi connectivity index (χ2n) is 8.45. The minimum Gasteiger partial charge on any atom is -0.493 e. The molecule has 1 unspecified atom stereocenters.